The molecule has 1 heterocycles. The molecule has 1 saturated heterocycles. The van der Waals surface area contributed by atoms with Gasteiger partial charge in [-0.25, -0.2) is 10.4 Å². The van der Waals surface area contributed by atoms with Gasteiger partial charge in [-0.1, -0.05) is 30.3 Å². The lowest BCUT2D eigenvalue weighted by molar-refractivity contribution is -1.09. The predicted molar refractivity (Wildman–Crippen MR) is 66.4 cm³/mol. The fourth-order valence-electron chi connectivity index (χ4n) is 1.97. The average molecular weight is 269 g/mol. The van der Waals surface area contributed by atoms with Crippen molar-refractivity contribution in [1.29, 1.82) is 0 Å². The summed E-state index contributed by atoms with van der Waals surface area (Å²) in [6.07, 6.45) is 1.08. The summed E-state index contributed by atoms with van der Waals surface area (Å²) in [5.41, 5.74) is -0.129. The third kappa shape index (κ3) is 3.50. The fraction of sp³-hybridized carbons (Fsp3) is 0.538. The number of ether oxygens (including phenoxy) is 2. The molecule has 1 unspecified atom stereocenters. The van der Waals surface area contributed by atoms with Crippen LogP contribution in [0.3, 0.4) is 0 Å². The Labute approximate surface area is 111 Å². The number of hydrogen-bond donors (Lipinski definition) is 3. The van der Waals surface area contributed by atoms with Crippen LogP contribution in [-0.2, 0) is 15.9 Å². The molecule has 6 nitrogen and oxygen atoms in total. The number of aliphatic hydroxyl groups excluding tert-OH is 1. The number of hydroxylamine groups is 2. The van der Waals surface area contributed by atoms with Crippen LogP contribution in [0.25, 0.3) is 0 Å². The minimum atomic E-state index is -1.32. The third-order valence-electron chi connectivity index (χ3n) is 3.36. The molecule has 0 aliphatic carbocycles. The lowest BCUT2D eigenvalue weighted by Gasteiger charge is -2.41. The van der Waals surface area contributed by atoms with Gasteiger partial charge >= 0.3 is 0 Å². The highest BCUT2D eigenvalue weighted by Crippen LogP contribution is 2.17. The van der Waals surface area contributed by atoms with Gasteiger partial charge in [-0.2, -0.15) is 0 Å². The quantitative estimate of drug-likeness (QED) is 0.627. The second-order valence-electron chi connectivity index (χ2n) is 4.82. The van der Waals surface area contributed by atoms with Gasteiger partial charge in [0, 0.05) is 6.42 Å². The summed E-state index contributed by atoms with van der Waals surface area (Å²) in [6.45, 7) is -0.510. The Balaban J connectivity index is 1.80. The van der Waals surface area contributed by atoms with E-state index in [9.17, 15) is 5.21 Å². The van der Waals surface area contributed by atoms with Crippen LogP contribution in [0.1, 0.15) is 12.0 Å². The first-order chi connectivity index (χ1) is 9.16. The van der Waals surface area contributed by atoms with Crippen molar-refractivity contribution in [2.24, 2.45) is 0 Å². The molecule has 0 amide bonds. The summed E-state index contributed by atoms with van der Waals surface area (Å²) in [5, 5.41) is 28.2. The van der Waals surface area contributed by atoms with E-state index in [0.717, 1.165) is 6.42 Å². The first-order valence-corrected chi connectivity index (χ1v) is 6.28. The van der Waals surface area contributed by atoms with Crippen molar-refractivity contribution in [1.82, 2.24) is 0 Å². The second kappa shape index (κ2) is 6.42. The van der Waals surface area contributed by atoms with Crippen LogP contribution < -0.4 is 5.23 Å². The minimum absolute atomic E-state index is 0.0156. The lowest BCUT2D eigenvalue weighted by atomic mass is 10.0. The van der Waals surface area contributed by atoms with Crippen LogP contribution in [0.5, 0.6) is 0 Å². The maximum Gasteiger partial charge on any atom is 0.197 e. The van der Waals surface area contributed by atoms with Crippen LogP contribution in [-0.4, -0.2) is 42.0 Å². The molecule has 106 valence electrons. The minimum Gasteiger partial charge on any atom is -0.599 e. The first kappa shape index (κ1) is 14.4. The summed E-state index contributed by atoms with van der Waals surface area (Å²) < 4.78 is 10.8. The molecular weight excluding hydrogens is 250 g/mol. The fourth-order valence-corrected chi connectivity index (χ4v) is 1.97. The van der Waals surface area contributed by atoms with Gasteiger partial charge < -0.3 is 19.8 Å². The molecule has 19 heavy (non-hydrogen) atoms. The van der Waals surface area contributed by atoms with Crippen molar-refractivity contribution >= 4 is 0 Å². The summed E-state index contributed by atoms with van der Waals surface area (Å²) in [4.78, 5) is 0. The van der Waals surface area contributed by atoms with E-state index < -0.39 is 23.7 Å². The predicted octanol–water partition coefficient (Wildman–Crippen LogP) is -0.505. The molecule has 6 heteroatoms. The molecule has 0 spiro atoms. The SMILES string of the molecule is [O-][NH+](O)C1(CO)COC(CCc2ccccc2)OC1. The summed E-state index contributed by atoms with van der Waals surface area (Å²) >= 11 is 0. The zero-order valence-corrected chi connectivity index (χ0v) is 10.6. The van der Waals surface area contributed by atoms with Crippen LogP contribution in [0.2, 0.25) is 0 Å². The Kier molecular flexibility index (Phi) is 4.87. The van der Waals surface area contributed by atoms with E-state index in [1.165, 1.54) is 5.56 Å². The van der Waals surface area contributed by atoms with E-state index in [0.29, 0.717) is 6.42 Å². The number of aliphatic hydroxyl groups is 1. The topological polar surface area (TPSA) is 86.4 Å². The molecule has 0 aromatic heterocycles. The van der Waals surface area contributed by atoms with Gasteiger partial charge in [0.1, 0.15) is 19.8 Å². The van der Waals surface area contributed by atoms with Gasteiger partial charge in [-0.05, 0) is 12.0 Å². The normalized spacial score (nSPS) is 29.1. The monoisotopic (exact) mass is 269 g/mol. The van der Waals surface area contributed by atoms with Crippen LogP contribution in [0.4, 0.5) is 0 Å². The largest absolute Gasteiger partial charge is 0.599 e. The maximum absolute atomic E-state index is 11.1. The average Bonchev–Trinajstić information content (AvgIpc) is 2.46. The molecule has 0 saturated carbocycles. The summed E-state index contributed by atoms with van der Waals surface area (Å²) in [7, 11) is 0. The standard InChI is InChI=1S/C13H19NO5/c15-8-13(14(16)17)9-18-12(19-10-13)7-6-11-4-2-1-3-5-11/h1-5,12,14-16H,6-10H2. The molecule has 1 fully saturated rings. The van der Waals surface area contributed by atoms with Gasteiger partial charge in [-0.15, -0.1) is 0 Å². The Morgan fingerprint density at radius 2 is 1.89 bits per heavy atom. The van der Waals surface area contributed by atoms with E-state index in [-0.39, 0.29) is 13.2 Å². The highest BCUT2D eigenvalue weighted by Gasteiger charge is 2.42. The van der Waals surface area contributed by atoms with Crippen LogP contribution in [0.15, 0.2) is 30.3 Å². The molecule has 0 radical (unpaired) electrons. The van der Waals surface area contributed by atoms with Gasteiger partial charge in [0.15, 0.2) is 11.8 Å². The van der Waals surface area contributed by atoms with E-state index in [4.69, 9.17) is 19.8 Å². The number of quaternary nitrogens is 1. The first-order valence-electron chi connectivity index (χ1n) is 6.28. The Morgan fingerprint density at radius 1 is 1.26 bits per heavy atom. The highest BCUT2D eigenvalue weighted by molar-refractivity contribution is 5.14. The molecule has 1 aliphatic rings. The number of rotatable bonds is 5. The Bertz CT molecular complexity index is 376. The van der Waals surface area contributed by atoms with Crippen molar-refractivity contribution < 1.29 is 25.0 Å². The second-order valence-corrected chi connectivity index (χ2v) is 4.82. The highest BCUT2D eigenvalue weighted by atomic mass is 16.8. The van der Waals surface area contributed by atoms with Crippen molar-refractivity contribution in [3.05, 3.63) is 41.1 Å². The van der Waals surface area contributed by atoms with Gasteiger partial charge in [0.2, 0.25) is 0 Å². The van der Waals surface area contributed by atoms with E-state index in [2.05, 4.69) is 0 Å². The van der Waals surface area contributed by atoms with E-state index in [1.54, 1.807) is 0 Å². The van der Waals surface area contributed by atoms with Gasteiger partial charge in [-0.3, -0.25) is 0 Å². The van der Waals surface area contributed by atoms with Crippen molar-refractivity contribution in [2.45, 2.75) is 24.7 Å². The Hall–Kier alpha value is -1.02. The van der Waals surface area contributed by atoms with Crippen LogP contribution >= 0.6 is 0 Å². The summed E-state index contributed by atoms with van der Waals surface area (Å²) in [5.74, 6) is 0. The maximum atomic E-state index is 11.1. The molecule has 2 rings (SSSR count). The molecule has 1 atom stereocenters. The number of benzene rings is 1. The zero-order chi connectivity index (χ0) is 13.7. The van der Waals surface area contributed by atoms with Crippen molar-refractivity contribution in [3.63, 3.8) is 0 Å². The van der Waals surface area contributed by atoms with Crippen molar-refractivity contribution in [3.8, 4) is 0 Å². The molecule has 1 aromatic rings. The lowest BCUT2D eigenvalue weighted by Crippen LogP contribution is -3.17. The molecule has 1 aliphatic heterocycles. The Morgan fingerprint density at radius 3 is 2.42 bits per heavy atom. The number of aryl methyl sites for hydroxylation is 1. The third-order valence-corrected chi connectivity index (χ3v) is 3.36. The van der Waals surface area contributed by atoms with Gasteiger partial charge in [0.25, 0.3) is 0 Å². The van der Waals surface area contributed by atoms with Gasteiger partial charge in [0.05, 0.1) is 0 Å². The number of nitrogens with one attached hydrogen (secondary N) is 1. The summed E-state index contributed by atoms with van der Waals surface area (Å²) in [6, 6.07) is 9.95. The van der Waals surface area contributed by atoms with E-state index >= 15 is 0 Å². The van der Waals surface area contributed by atoms with Crippen molar-refractivity contribution in [2.75, 3.05) is 19.8 Å². The molecule has 0 bridgehead atoms. The smallest absolute Gasteiger partial charge is 0.197 e. The number of hydrogen-bond acceptors (Lipinski definition) is 5. The molecular formula is C13H19NO5. The van der Waals surface area contributed by atoms with Crippen LogP contribution in [0, 0.1) is 5.21 Å². The zero-order valence-electron chi connectivity index (χ0n) is 10.6. The molecule has 3 N–H and O–H groups in total. The van der Waals surface area contributed by atoms with E-state index in [1.807, 2.05) is 30.3 Å². The molecule has 1 aromatic carbocycles.